The third kappa shape index (κ3) is 5.10. The van der Waals surface area contributed by atoms with Crippen molar-refractivity contribution in [1.82, 2.24) is 10.2 Å². The first kappa shape index (κ1) is 20.6. The topological polar surface area (TPSA) is 84.4 Å². The molecule has 0 aliphatic carbocycles. The molecule has 0 aliphatic heterocycles. The van der Waals surface area contributed by atoms with Crippen molar-refractivity contribution >= 4 is 16.9 Å². The highest BCUT2D eigenvalue weighted by Gasteiger charge is 2.18. The molecule has 2 atom stereocenters. The summed E-state index contributed by atoms with van der Waals surface area (Å²) in [6.07, 6.45) is 1.75. The van der Waals surface area contributed by atoms with Crippen LogP contribution >= 0.6 is 0 Å². The van der Waals surface area contributed by atoms with E-state index in [2.05, 4.69) is 34.5 Å². The van der Waals surface area contributed by atoms with Crippen LogP contribution in [0.15, 0.2) is 79.0 Å². The molecule has 1 aromatic heterocycles. The van der Waals surface area contributed by atoms with Crippen molar-refractivity contribution in [3.63, 3.8) is 0 Å². The second-order valence-corrected chi connectivity index (χ2v) is 7.40. The van der Waals surface area contributed by atoms with Gasteiger partial charge in [0, 0.05) is 18.9 Å². The largest absolute Gasteiger partial charge is 0.485 e. The van der Waals surface area contributed by atoms with Crippen LogP contribution in [0, 0.1) is 0 Å². The number of fused-ring (bicyclic) bond motifs is 1. The summed E-state index contributed by atoms with van der Waals surface area (Å²) in [6.45, 7) is 0. The minimum Gasteiger partial charge on any atom is -0.485 e. The zero-order valence-corrected chi connectivity index (χ0v) is 17.2. The molecule has 0 saturated carbocycles. The Morgan fingerprint density at radius 1 is 1.00 bits per heavy atom. The zero-order chi connectivity index (χ0) is 21.6. The lowest BCUT2D eigenvalue weighted by Gasteiger charge is -2.21. The average Bonchev–Trinajstić information content (AvgIpc) is 3.26. The van der Waals surface area contributed by atoms with Crippen LogP contribution in [0.1, 0.15) is 35.3 Å². The fourth-order valence-corrected chi connectivity index (χ4v) is 3.64. The molecule has 31 heavy (non-hydrogen) atoms. The summed E-state index contributed by atoms with van der Waals surface area (Å²) in [5.41, 5.74) is 4.02. The summed E-state index contributed by atoms with van der Waals surface area (Å²) < 4.78 is 11.7. The van der Waals surface area contributed by atoms with Crippen LogP contribution in [0.3, 0.4) is 0 Å². The Kier molecular flexibility index (Phi) is 6.29. The second kappa shape index (κ2) is 9.45. The van der Waals surface area contributed by atoms with Crippen LogP contribution in [0.5, 0.6) is 5.75 Å². The summed E-state index contributed by atoms with van der Waals surface area (Å²) in [4.78, 5) is 11.0. The highest BCUT2D eigenvalue weighted by Crippen LogP contribution is 2.29. The van der Waals surface area contributed by atoms with Crippen molar-refractivity contribution in [2.75, 3.05) is 7.11 Å². The normalized spacial score (nSPS) is 13.1. The number of rotatable bonds is 9. The van der Waals surface area contributed by atoms with Gasteiger partial charge >= 0.3 is 5.97 Å². The molecule has 3 aromatic carbocycles. The van der Waals surface area contributed by atoms with Gasteiger partial charge in [0.2, 0.25) is 0 Å². The number of ether oxygens (including phenoxy) is 2. The van der Waals surface area contributed by atoms with Crippen LogP contribution in [-0.2, 0) is 16.0 Å². The summed E-state index contributed by atoms with van der Waals surface area (Å²) in [6, 6.07) is 23.8. The standard InChI is InChI=1S/C25H24N2O4/c1-30-23(15-25(28)29)18-7-10-21(11-8-18)31-24(13-17-5-3-2-4-6-17)19-9-12-22-20(14-19)16-26-27-22/h2-12,14,16,23-24H,13,15H2,1H3,(H,26,27)(H,28,29). The Bertz CT molecular complexity index is 1140. The van der Waals surface area contributed by atoms with Crippen LogP contribution < -0.4 is 4.74 Å². The van der Waals surface area contributed by atoms with E-state index in [4.69, 9.17) is 14.6 Å². The van der Waals surface area contributed by atoms with Crippen molar-refractivity contribution < 1.29 is 19.4 Å². The molecular formula is C25H24N2O4. The summed E-state index contributed by atoms with van der Waals surface area (Å²) in [5, 5.41) is 17.2. The average molecular weight is 416 g/mol. The molecule has 0 radical (unpaired) electrons. The van der Waals surface area contributed by atoms with E-state index in [0.717, 1.165) is 22.0 Å². The molecule has 0 aliphatic rings. The Labute approximate surface area is 180 Å². The predicted molar refractivity (Wildman–Crippen MR) is 118 cm³/mol. The lowest BCUT2D eigenvalue weighted by molar-refractivity contribution is -0.139. The molecule has 0 bridgehead atoms. The zero-order valence-electron chi connectivity index (χ0n) is 17.2. The number of aliphatic carboxylic acids is 1. The molecule has 158 valence electrons. The van der Waals surface area contributed by atoms with Crippen LogP contribution in [0.25, 0.3) is 10.9 Å². The predicted octanol–water partition coefficient (Wildman–Crippen LogP) is 5.09. The Morgan fingerprint density at radius 3 is 2.45 bits per heavy atom. The van der Waals surface area contributed by atoms with Gasteiger partial charge in [0.15, 0.2) is 0 Å². The molecule has 6 nitrogen and oxygen atoms in total. The van der Waals surface area contributed by atoms with Crippen LogP contribution in [-0.4, -0.2) is 28.4 Å². The maximum absolute atomic E-state index is 11.0. The highest BCUT2D eigenvalue weighted by molar-refractivity contribution is 5.78. The molecule has 0 saturated heterocycles. The highest BCUT2D eigenvalue weighted by atomic mass is 16.5. The van der Waals surface area contributed by atoms with Gasteiger partial charge in [-0.3, -0.25) is 9.89 Å². The van der Waals surface area contributed by atoms with Gasteiger partial charge in [-0.25, -0.2) is 0 Å². The lowest BCUT2D eigenvalue weighted by Crippen LogP contribution is -2.11. The van der Waals surface area contributed by atoms with E-state index >= 15 is 0 Å². The molecule has 0 spiro atoms. The van der Waals surface area contributed by atoms with E-state index in [0.29, 0.717) is 12.2 Å². The van der Waals surface area contributed by atoms with E-state index in [9.17, 15) is 4.79 Å². The number of carbonyl (C=O) groups is 1. The number of hydrogen-bond acceptors (Lipinski definition) is 4. The third-order valence-corrected chi connectivity index (χ3v) is 5.27. The van der Waals surface area contributed by atoms with Crippen molar-refractivity contribution in [3.05, 3.63) is 95.7 Å². The van der Waals surface area contributed by atoms with Gasteiger partial charge in [0.1, 0.15) is 11.9 Å². The quantitative estimate of drug-likeness (QED) is 0.397. The number of carboxylic acids is 1. The first-order valence-electron chi connectivity index (χ1n) is 10.1. The molecule has 4 rings (SSSR count). The van der Waals surface area contributed by atoms with Gasteiger partial charge in [0.05, 0.1) is 24.2 Å². The fraction of sp³-hybridized carbons (Fsp3) is 0.200. The molecule has 0 fully saturated rings. The van der Waals surface area contributed by atoms with Crippen LogP contribution in [0.4, 0.5) is 0 Å². The number of carboxylic acid groups (broad SMARTS) is 1. The number of hydrogen-bond donors (Lipinski definition) is 2. The number of aromatic amines is 1. The van der Waals surface area contributed by atoms with Gasteiger partial charge in [0.25, 0.3) is 0 Å². The SMILES string of the molecule is COC(CC(=O)O)c1ccc(OC(Cc2ccccc2)c2ccc3[nH]ncc3c2)cc1. The van der Waals surface area contributed by atoms with E-state index in [1.807, 2.05) is 48.5 Å². The molecular weight excluding hydrogens is 392 g/mol. The fourth-order valence-electron chi connectivity index (χ4n) is 3.64. The van der Waals surface area contributed by atoms with Gasteiger partial charge in [-0.15, -0.1) is 0 Å². The first-order chi connectivity index (χ1) is 15.1. The first-order valence-corrected chi connectivity index (χ1v) is 10.1. The third-order valence-electron chi connectivity index (χ3n) is 5.27. The van der Waals surface area contributed by atoms with E-state index in [1.165, 1.54) is 12.7 Å². The Balaban J connectivity index is 1.58. The monoisotopic (exact) mass is 416 g/mol. The maximum Gasteiger partial charge on any atom is 0.306 e. The molecule has 0 amide bonds. The molecule has 4 aromatic rings. The molecule has 2 unspecified atom stereocenters. The second-order valence-electron chi connectivity index (χ2n) is 7.40. The van der Waals surface area contributed by atoms with E-state index in [-0.39, 0.29) is 12.5 Å². The minimum atomic E-state index is -0.898. The van der Waals surface area contributed by atoms with Gasteiger partial charge in [-0.2, -0.15) is 5.10 Å². The van der Waals surface area contributed by atoms with Crippen molar-refractivity contribution in [1.29, 1.82) is 0 Å². The Morgan fingerprint density at radius 2 is 1.74 bits per heavy atom. The molecule has 1 heterocycles. The van der Waals surface area contributed by atoms with E-state index < -0.39 is 12.1 Å². The summed E-state index contributed by atoms with van der Waals surface area (Å²) >= 11 is 0. The van der Waals surface area contributed by atoms with Crippen molar-refractivity contribution in [3.8, 4) is 5.75 Å². The molecule has 2 N–H and O–H groups in total. The number of methoxy groups -OCH3 is 1. The van der Waals surface area contributed by atoms with E-state index in [1.54, 1.807) is 6.20 Å². The molecule has 6 heteroatoms. The number of benzene rings is 3. The summed E-state index contributed by atoms with van der Waals surface area (Å²) in [7, 11) is 1.51. The maximum atomic E-state index is 11.0. The van der Waals surface area contributed by atoms with Crippen molar-refractivity contribution in [2.45, 2.75) is 25.0 Å². The smallest absolute Gasteiger partial charge is 0.306 e. The summed E-state index contributed by atoms with van der Waals surface area (Å²) in [5.74, 6) is -0.188. The number of nitrogens with one attached hydrogen (secondary N) is 1. The van der Waals surface area contributed by atoms with Gasteiger partial charge in [-0.1, -0.05) is 48.5 Å². The number of H-pyrrole nitrogens is 1. The minimum absolute atomic E-state index is 0.0853. The lowest BCUT2D eigenvalue weighted by atomic mass is 10.00. The Hall–Kier alpha value is -3.64. The van der Waals surface area contributed by atoms with Gasteiger partial charge < -0.3 is 14.6 Å². The van der Waals surface area contributed by atoms with Crippen molar-refractivity contribution in [2.24, 2.45) is 0 Å². The number of aromatic nitrogens is 2. The van der Waals surface area contributed by atoms with Crippen LogP contribution in [0.2, 0.25) is 0 Å². The number of nitrogens with zero attached hydrogens (tertiary/aromatic N) is 1. The van der Waals surface area contributed by atoms with Gasteiger partial charge in [-0.05, 0) is 41.0 Å².